The maximum absolute atomic E-state index is 13.9. The van der Waals surface area contributed by atoms with Crippen LogP contribution < -0.4 is 15.4 Å². The smallest absolute Gasteiger partial charge is 0.192 e. The molecule has 0 bridgehead atoms. The first-order valence-electron chi connectivity index (χ1n) is 8.13. The molecule has 2 rings (SSSR count). The van der Waals surface area contributed by atoms with Crippen LogP contribution in [0, 0.1) is 5.82 Å². The maximum atomic E-state index is 13.9. The molecule has 24 heavy (non-hydrogen) atoms. The van der Waals surface area contributed by atoms with Gasteiger partial charge in [0.2, 0.25) is 0 Å². The van der Waals surface area contributed by atoms with Crippen molar-refractivity contribution in [1.82, 2.24) is 10.6 Å². The topological polar surface area (TPSA) is 45.7 Å². The third kappa shape index (κ3) is 5.23. The van der Waals surface area contributed by atoms with E-state index in [1.807, 2.05) is 26.0 Å². The van der Waals surface area contributed by atoms with Crippen molar-refractivity contribution in [2.75, 3.05) is 13.2 Å². The summed E-state index contributed by atoms with van der Waals surface area (Å²) in [6.45, 7) is 7.56. The van der Waals surface area contributed by atoms with E-state index >= 15 is 0 Å². The summed E-state index contributed by atoms with van der Waals surface area (Å²) in [7, 11) is 0. The number of guanidine groups is 1. The van der Waals surface area contributed by atoms with Gasteiger partial charge in [-0.3, -0.25) is 0 Å². The molecule has 1 heterocycles. The molecular weight excluding hydrogens is 325 g/mol. The Bertz CT molecular complexity index is 658. The normalized spacial score (nSPS) is 12.8. The summed E-state index contributed by atoms with van der Waals surface area (Å²) in [6.07, 6.45) is 0. The van der Waals surface area contributed by atoms with Gasteiger partial charge in [0, 0.05) is 11.4 Å². The third-order valence-electron chi connectivity index (χ3n) is 3.38. The molecule has 0 fully saturated rings. The molecule has 130 valence electrons. The summed E-state index contributed by atoms with van der Waals surface area (Å²) in [6, 6.07) is 9.25. The number of halogens is 1. The van der Waals surface area contributed by atoms with Crippen LogP contribution in [0.15, 0.2) is 40.7 Å². The maximum Gasteiger partial charge on any atom is 0.192 e. The van der Waals surface area contributed by atoms with Gasteiger partial charge in [-0.15, -0.1) is 11.3 Å². The molecule has 0 saturated heterocycles. The fourth-order valence-electron chi connectivity index (χ4n) is 2.22. The average molecular weight is 349 g/mol. The second kappa shape index (κ2) is 9.27. The Balaban J connectivity index is 2.03. The van der Waals surface area contributed by atoms with Gasteiger partial charge in [-0.05, 0) is 49.9 Å². The number of thiophene rings is 1. The number of aliphatic imine (C=N–C) groups is 1. The molecule has 0 aliphatic rings. The van der Waals surface area contributed by atoms with Crippen LogP contribution in [0.25, 0.3) is 0 Å². The summed E-state index contributed by atoms with van der Waals surface area (Å²) < 4.78 is 19.1. The van der Waals surface area contributed by atoms with E-state index in [0.29, 0.717) is 19.1 Å². The van der Waals surface area contributed by atoms with Gasteiger partial charge in [0.05, 0.1) is 19.2 Å². The lowest BCUT2D eigenvalue weighted by molar-refractivity contribution is 0.321. The SMILES string of the molecule is CCNC(=NCc1ccc(OCC)c(F)c1)NC(C)c1cccs1. The Morgan fingerprint density at radius 3 is 2.79 bits per heavy atom. The summed E-state index contributed by atoms with van der Waals surface area (Å²) in [5.74, 6) is 0.642. The monoisotopic (exact) mass is 349 g/mol. The molecule has 1 unspecified atom stereocenters. The number of hydrogen-bond donors (Lipinski definition) is 2. The summed E-state index contributed by atoms with van der Waals surface area (Å²) in [4.78, 5) is 5.79. The zero-order valence-electron chi connectivity index (χ0n) is 14.3. The van der Waals surface area contributed by atoms with Crippen molar-refractivity contribution in [1.29, 1.82) is 0 Å². The molecule has 0 aliphatic heterocycles. The van der Waals surface area contributed by atoms with Gasteiger partial charge in [-0.25, -0.2) is 9.38 Å². The zero-order valence-corrected chi connectivity index (χ0v) is 15.1. The number of nitrogens with zero attached hydrogens (tertiary/aromatic N) is 1. The molecule has 1 aromatic carbocycles. The summed E-state index contributed by atoms with van der Waals surface area (Å²) in [5, 5.41) is 8.64. The molecule has 0 saturated carbocycles. The van der Waals surface area contributed by atoms with Gasteiger partial charge in [-0.1, -0.05) is 12.1 Å². The Labute approximate surface area is 146 Å². The second-order valence-electron chi connectivity index (χ2n) is 5.27. The quantitative estimate of drug-likeness (QED) is 0.584. The molecule has 6 heteroatoms. The van der Waals surface area contributed by atoms with Gasteiger partial charge >= 0.3 is 0 Å². The van der Waals surface area contributed by atoms with Crippen molar-refractivity contribution in [3.63, 3.8) is 0 Å². The molecule has 0 amide bonds. The van der Waals surface area contributed by atoms with Gasteiger partial charge in [0.15, 0.2) is 17.5 Å². The molecule has 1 aromatic heterocycles. The van der Waals surface area contributed by atoms with E-state index in [1.165, 1.54) is 10.9 Å². The Morgan fingerprint density at radius 2 is 2.17 bits per heavy atom. The summed E-state index contributed by atoms with van der Waals surface area (Å²) >= 11 is 1.70. The van der Waals surface area contributed by atoms with Crippen LogP contribution in [0.4, 0.5) is 4.39 Å². The minimum absolute atomic E-state index is 0.167. The van der Waals surface area contributed by atoms with Gasteiger partial charge in [0.25, 0.3) is 0 Å². The number of nitrogens with one attached hydrogen (secondary N) is 2. The second-order valence-corrected chi connectivity index (χ2v) is 6.25. The minimum Gasteiger partial charge on any atom is -0.491 e. The highest BCUT2D eigenvalue weighted by molar-refractivity contribution is 7.10. The Hall–Kier alpha value is -2.08. The molecule has 0 aliphatic carbocycles. The van der Waals surface area contributed by atoms with Crippen LogP contribution in [0.5, 0.6) is 5.75 Å². The van der Waals surface area contributed by atoms with E-state index in [9.17, 15) is 4.39 Å². The lowest BCUT2D eigenvalue weighted by Crippen LogP contribution is -2.38. The van der Waals surface area contributed by atoms with Crippen molar-refractivity contribution in [2.45, 2.75) is 33.4 Å². The van der Waals surface area contributed by atoms with Crippen LogP contribution in [0.1, 0.15) is 37.3 Å². The molecule has 2 aromatic rings. The highest BCUT2D eigenvalue weighted by atomic mass is 32.1. The van der Waals surface area contributed by atoms with Crippen LogP contribution in [-0.4, -0.2) is 19.1 Å². The van der Waals surface area contributed by atoms with E-state index in [0.717, 1.165) is 12.1 Å². The van der Waals surface area contributed by atoms with Gasteiger partial charge in [-0.2, -0.15) is 0 Å². The largest absolute Gasteiger partial charge is 0.491 e. The highest BCUT2D eigenvalue weighted by Gasteiger charge is 2.09. The van der Waals surface area contributed by atoms with Gasteiger partial charge in [0.1, 0.15) is 0 Å². The highest BCUT2D eigenvalue weighted by Crippen LogP contribution is 2.19. The molecular formula is C18H24FN3OS. The predicted molar refractivity (Wildman–Crippen MR) is 98.3 cm³/mol. The molecule has 0 radical (unpaired) electrons. The predicted octanol–water partition coefficient (Wildman–Crippen LogP) is 4.10. The number of rotatable bonds is 7. The average Bonchev–Trinajstić information content (AvgIpc) is 3.10. The van der Waals surface area contributed by atoms with E-state index in [-0.39, 0.29) is 17.6 Å². The minimum atomic E-state index is -0.352. The fraction of sp³-hybridized carbons (Fsp3) is 0.389. The molecule has 4 nitrogen and oxygen atoms in total. The fourth-order valence-corrected chi connectivity index (χ4v) is 2.95. The lowest BCUT2D eigenvalue weighted by Gasteiger charge is -2.16. The molecule has 0 spiro atoms. The van der Waals surface area contributed by atoms with E-state index in [4.69, 9.17) is 4.74 Å². The van der Waals surface area contributed by atoms with Crippen LogP contribution in [0.2, 0.25) is 0 Å². The number of ether oxygens (including phenoxy) is 1. The van der Waals surface area contributed by atoms with Crippen LogP contribution in [0.3, 0.4) is 0 Å². The van der Waals surface area contributed by atoms with E-state index in [1.54, 1.807) is 17.4 Å². The standard InChI is InChI=1S/C18H24FN3OS/c1-4-20-18(22-13(3)17-7-6-10-24-17)21-12-14-8-9-16(23-5-2)15(19)11-14/h6-11,13H,4-5,12H2,1-3H3,(H2,20,21,22). The van der Waals surface area contributed by atoms with Crippen LogP contribution in [-0.2, 0) is 6.54 Å². The first-order chi connectivity index (χ1) is 11.6. The van der Waals surface area contributed by atoms with Crippen molar-refractivity contribution >= 4 is 17.3 Å². The van der Waals surface area contributed by atoms with Crippen molar-refractivity contribution < 1.29 is 9.13 Å². The van der Waals surface area contributed by atoms with Crippen molar-refractivity contribution in [2.24, 2.45) is 4.99 Å². The lowest BCUT2D eigenvalue weighted by atomic mass is 10.2. The van der Waals surface area contributed by atoms with Crippen LogP contribution >= 0.6 is 11.3 Å². The van der Waals surface area contributed by atoms with E-state index in [2.05, 4.69) is 34.0 Å². The van der Waals surface area contributed by atoms with Crippen molar-refractivity contribution in [3.8, 4) is 5.75 Å². The number of benzene rings is 1. The molecule has 2 N–H and O–H groups in total. The third-order valence-corrected chi connectivity index (χ3v) is 4.44. The Kier molecular flexibility index (Phi) is 7.06. The number of hydrogen-bond acceptors (Lipinski definition) is 3. The van der Waals surface area contributed by atoms with Crippen molar-refractivity contribution in [3.05, 3.63) is 52.0 Å². The first-order valence-corrected chi connectivity index (χ1v) is 9.01. The Morgan fingerprint density at radius 1 is 1.33 bits per heavy atom. The zero-order chi connectivity index (χ0) is 17.4. The molecule has 1 atom stereocenters. The van der Waals surface area contributed by atoms with Gasteiger partial charge < -0.3 is 15.4 Å². The summed E-state index contributed by atoms with van der Waals surface area (Å²) in [5.41, 5.74) is 0.803. The first kappa shape index (κ1) is 18.3. The van der Waals surface area contributed by atoms with E-state index < -0.39 is 0 Å².